The second-order valence-electron chi connectivity index (χ2n) is 5.98. The molecular formula is C22H13BrO. The van der Waals surface area contributed by atoms with Crippen LogP contribution >= 0.6 is 15.9 Å². The number of halogens is 1. The minimum Gasteiger partial charge on any atom is -0.456 e. The highest BCUT2D eigenvalue weighted by molar-refractivity contribution is 9.10. The first kappa shape index (κ1) is 13.8. The molecule has 5 rings (SSSR count). The molecule has 0 saturated carbocycles. The second kappa shape index (κ2) is 5.22. The van der Waals surface area contributed by atoms with E-state index in [1.807, 2.05) is 12.1 Å². The van der Waals surface area contributed by atoms with Crippen LogP contribution in [0.4, 0.5) is 0 Å². The van der Waals surface area contributed by atoms with Crippen LogP contribution in [0.2, 0.25) is 0 Å². The van der Waals surface area contributed by atoms with Crippen molar-refractivity contribution in [3.05, 3.63) is 83.3 Å². The number of furan rings is 1. The second-order valence-corrected chi connectivity index (χ2v) is 6.90. The van der Waals surface area contributed by atoms with Crippen LogP contribution in [0.5, 0.6) is 0 Å². The third kappa shape index (κ3) is 2.07. The number of rotatable bonds is 1. The van der Waals surface area contributed by atoms with Gasteiger partial charge < -0.3 is 4.42 Å². The highest BCUT2D eigenvalue weighted by Gasteiger charge is 2.10. The van der Waals surface area contributed by atoms with E-state index in [1.165, 1.54) is 21.9 Å². The lowest BCUT2D eigenvalue weighted by Crippen LogP contribution is -1.81. The van der Waals surface area contributed by atoms with E-state index in [0.29, 0.717) is 0 Å². The van der Waals surface area contributed by atoms with Crippen LogP contribution in [-0.2, 0) is 0 Å². The average molecular weight is 373 g/mol. The smallest absolute Gasteiger partial charge is 0.135 e. The topological polar surface area (TPSA) is 13.1 Å². The van der Waals surface area contributed by atoms with Gasteiger partial charge in [0, 0.05) is 15.2 Å². The first-order valence-corrected chi connectivity index (χ1v) is 8.69. The van der Waals surface area contributed by atoms with Crippen molar-refractivity contribution in [1.29, 1.82) is 0 Å². The predicted octanol–water partition coefficient (Wildman–Crippen LogP) is 7.17. The number of hydrogen-bond donors (Lipinski definition) is 0. The van der Waals surface area contributed by atoms with E-state index >= 15 is 0 Å². The predicted molar refractivity (Wildman–Crippen MR) is 104 cm³/mol. The highest BCUT2D eigenvalue weighted by atomic mass is 79.9. The summed E-state index contributed by atoms with van der Waals surface area (Å²) in [5.74, 6) is 0. The van der Waals surface area contributed by atoms with Crippen LogP contribution in [0.1, 0.15) is 0 Å². The fourth-order valence-corrected chi connectivity index (χ4v) is 3.76. The first-order chi connectivity index (χ1) is 11.8. The molecule has 0 saturated heterocycles. The van der Waals surface area contributed by atoms with Crippen molar-refractivity contribution in [2.24, 2.45) is 0 Å². The Balaban J connectivity index is 1.83. The molecule has 0 aliphatic carbocycles. The number of hydrogen-bond acceptors (Lipinski definition) is 1. The van der Waals surface area contributed by atoms with E-state index < -0.39 is 0 Å². The standard InChI is InChI=1S/C22H13BrO/c23-16-9-11-22-20(13-16)19-12-15(8-10-21(19)24-22)18-7-3-5-14-4-1-2-6-17(14)18/h1-13H. The molecule has 0 aliphatic heterocycles. The van der Waals surface area contributed by atoms with Crippen molar-refractivity contribution < 1.29 is 4.42 Å². The van der Waals surface area contributed by atoms with E-state index in [0.717, 1.165) is 26.4 Å². The normalized spacial score (nSPS) is 11.5. The Labute approximate surface area is 147 Å². The zero-order valence-electron chi connectivity index (χ0n) is 12.8. The van der Waals surface area contributed by atoms with Crippen LogP contribution in [0.15, 0.2) is 87.8 Å². The van der Waals surface area contributed by atoms with Crippen LogP contribution in [-0.4, -0.2) is 0 Å². The fourth-order valence-electron chi connectivity index (χ4n) is 3.39. The lowest BCUT2D eigenvalue weighted by atomic mass is 9.97. The van der Waals surface area contributed by atoms with Gasteiger partial charge in [-0.05, 0) is 52.2 Å². The van der Waals surface area contributed by atoms with Gasteiger partial charge in [-0.15, -0.1) is 0 Å². The molecule has 1 heterocycles. The van der Waals surface area contributed by atoms with Crippen molar-refractivity contribution in [3.8, 4) is 11.1 Å². The van der Waals surface area contributed by atoms with E-state index in [9.17, 15) is 0 Å². The van der Waals surface area contributed by atoms with Crippen molar-refractivity contribution >= 4 is 48.6 Å². The summed E-state index contributed by atoms with van der Waals surface area (Å²) in [5, 5.41) is 4.82. The average Bonchev–Trinajstić information content (AvgIpc) is 2.98. The van der Waals surface area contributed by atoms with Crippen LogP contribution in [0.3, 0.4) is 0 Å². The zero-order chi connectivity index (χ0) is 16.1. The molecule has 24 heavy (non-hydrogen) atoms. The van der Waals surface area contributed by atoms with Gasteiger partial charge in [0.1, 0.15) is 11.2 Å². The van der Waals surface area contributed by atoms with Crippen molar-refractivity contribution in [2.75, 3.05) is 0 Å². The molecule has 0 unspecified atom stereocenters. The lowest BCUT2D eigenvalue weighted by molar-refractivity contribution is 0.669. The minimum absolute atomic E-state index is 0.920. The number of fused-ring (bicyclic) bond motifs is 4. The lowest BCUT2D eigenvalue weighted by Gasteiger charge is -2.07. The van der Waals surface area contributed by atoms with Crippen LogP contribution < -0.4 is 0 Å². The van der Waals surface area contributed by atoms with Gasteiger partial charge in [0.15, 0.2) is 0 Å². The van der Waals surface area contributed by atoms with Crippen LogP contribution in [0, 0.1) is 0 Å². The quantitative estimate of drug-likeness (QED) is 0.304. The Hall–Kier alpha value is -2.58. The fraction of sp³-hybridized carbons (Fsp3) is 0. The summed E-state index contributed by atoms with van der Waals surface area (Å²) in [6.45, 7) is 0. The minimum atomic E-state index is 0.920. The van der Waals surface area contributed by atoms with E-state index in [4.69, 9.17) is 4.42 Å². The largest absolute Gasteiger partial charge is 0.456 e. The summed E-state index contributed by atoms with van der Waals surface area (Å²) in [4.78, 5) is 0. The van der Waals surface area contributed by atoms with Crippen molar-refractivity contribution in [3.63, 3.8) is 0 Å². The number of benzene rings is 4. The maximum atomic E-state index is 5.96. The molecule has 0 aliphatic rings. The zero-order valence-corrected chi connectivity index (χ0v) is 14.4. The van der Waals surface area contributed by atoms with E-state index in [-0.39, 0.29) is 0 Å². The van der Waals surface area contributed by atoms with Crippen LogP contribution in [0.25, 0.3) is 43.8 Å². The molecular weight excluding hydrogens is 360 g/mol. The summed E-state index contributed by atoms with van der Waals surface area (Å²) in [6.07, 6.45) is 0. The SMILES string of the molecule is Brc1ccc2oc3ccc(-c4cccc5ccccc45)cc3c2c1. The Morgan fingerprint density at radius 1 is 0.625 bits per heavy atom. The maximum Gasteiger partial charge on any atom is 0.135 e. The van der Waals surface area contributed by atoms with Gasteiger partial charge in [-0.1, -0.05) is 64.5 Å². The Bertz CT molecular complexity index is 1210. The van der Waals surface area contributed by atoms with Gasteiger partial charge in [-0.3, -0.25) is 0 Å². The molecule has 0 spiro atoms. The molecule has 0 radical (unpaired) electrons. The molecule has 4 aromatic carbocycles. The molecule has 1 aromatic heterocycles. The van der Waals surface area contributed by atoms with Gasteiger partial charge in [0.2, 0.25) is 0 Å². The maximum absolute atomic E-state index is 5.96. The summed E-state index contributed by atoms with van der Waals surface area (Å²) in [5.41, 5.74) is 4.30. The van der Waals surface area contributed by atoms with Crippen molar-refractivity contribution in [1.82, 2.24) is 0 Å². The van der Waals surface area contributed by atoms with Gasteiger partial charge in [0.05, 0.1) is 0 Å². The molecule has 1 nitrogen and oxygen atoms in total. The Morgan fingerprint density at radius 2 is 1.38 bits per heavy atom. The molecule has 0 fully saturated rings. The Kier molecular flexibility index (Phi) is 3.00. The summed E-state index contributed by atoms with van der Waals surface area (Å²) in [6, 6.07) is 27.5. The molecule has 0 amide bonds. The molecule has 0 atom stereocenters. The summed E-state index contributed by atoms with van der Waals surface area (Å²) >= 11 is 3.56. The Morgan fingerprint density at radius 3 is 2.29 bits per heavy atom. The third-order valence-corrected chi connectivity index (χ3v) is 5.03. The third-order valence-electron chi connectivity index (χ3n) is 4.53. The molecule has 5 aromatic rings. The summed E-state index contributed by atoms with van der Waals surface area (Å²) in [7, 11) is 0. The molecule has 0 N–H and O–H groups in total. The van der Waals surface area contributed by atoms with E-state index in [2.05, 4.69) is 82.7 Å². The molecule has 0 bridgehead atoms. The van der Waals surface area contributed by atoms with Crippen molar-refractivity contribution in [2.45, 2.75) is 0 Å². The first-order valence-electron chi connectivity index (χ1n) is 7.89. The van der Waals surface area contributed by atoms with Gasteiger partial charge >= 0.3 is 0 Å². The molecule has 2 heteroatoms. The molecule has 114 valence electrons. The highest BCUT2D eigenvalue weighted by Crippen LogP contribution is 2.35. The van der Waals surface area contributed by atoms with Gasteiger partial charge in [-0.25, -0.2) is 0 Å². The van der Waals surface area contributed by atoms with Gasteiger partial charge in [-0.2, -0.15) is 0 Å². The summed E-state index contributed by atoms with van der Waals surface area (Å²) < 4.78 is 7.03. The monoisotopic (exact) mass is 372 g/mol. The van der Waals surface area contributed by atoms with E-state index in [1.54, 1.807) is 0 Å². The van der Waals surface area contributed by atoms with Gasteiger partial charge in [0.25, 0.3) is 0 Å².